The maximum absolute atomic E-state index is 5.70. The van der Waals surface area contributed by atoms with Gasteiger partial charge >= 0.3 is 0 Å². The quantitative estimate of drug-likeness (QED) is 0.510. The first kappa shape index (κ1) is 15.3. The van der Waals surface area contributed by atoms with Gasteiger partial charge in [-0.2, -0.15) is 0 Å². The number of nitrogens with zero attached hydrogens (tertiary/aromatic N) is 1. The summed E-state index contributed by atoms with van der Waals surface area (Å²) in [5.74, 6) is 0. The molecule has 1 aliphatic rings. The molecule has 1 aromatic carbocycles. The number of hydrogen-bond donors (Lipinski definition) is 0. The molecule has 0 saturated heterocycles. The standard InChI is InChI=1S/C14H19Br2NOSi/c1-19(2,3)9-12-8-13(16)14(17-18-12)10-4-6-11(15)7-5-10/h4-7,12-13H,8-9H2,1-3H3/t12-,13+/m1/s1. The van der Waals surface area contributed by atoms with E-state index in [9.17, 15) is 0 Å². The third kappa shape index (κ3) is 4.43. The van der Waals surface area contributed by atoms with Crippen molar-refractivity contribution in [2.45, 2.75) is 43.0 Å². The molecule has 0 bridgehead atoms. The van der Waals surface area contributed by atoms with Crippen molar-refractivity contribution < 1.29 is 4.84 Å². The number of alkyl halides is 1. The van der Waals surface area contributed by atoms with Crippen LogP contribution in [-0.4, -0.2) is 24.7 Å². The van der Waals surface area contributed by atoms with Crippen LogP contribution in [0.25, 0.3) is 0 Å². The maximum Gasteiger partial charge on any atom is 0.126 e. The lowest BCUT2D eigenvalue weighted by atomic mass is 10.0. The lowest BCUT2D eigenvalue weighted by Crippen LogP contribution is -2.34. The number of rotatable bonds is 3. The smallest absolute Gasteiger partial charge is 0.126 e. The fourth-order valence-electron chi connectivity index (χ4n) is 2.23. The van der Waals surface area contributed by atoms with E-state index in [-0.39, 0.29) is 10.9 Å². The third-order valence-corrected chi connectivity index (χ3v) is 6.06. The molecule has 1 heterocycles. The number of halogens is 2. The van der Waals surface area contributed by atoms with Crippen molar-refractivity contribution in [3.05, 3.63) is 34.3 Å². The predicted octanol–water partition coefficient (Wildman–Crippen LogP) is 5.04. The second-order valence-corrected chi connectivity index (χ2v) is 13.7. The van der Waals surface area contributed by atoms with Crippen LogP contribution in [0, 0.1) is 0 Å². The molecule has 1 aromatic rings. The summed E-state index contributed by atoms with van der Waals surface area (Å²) in [5.41, 5.74) is 2.12. The Balaban J connectivity index is 2.10. The van der Waals surface area contributed by atoms with Gasteiger partial charge in [-0.1, -0.05) is 68.8 Å². The monoisotopic (exact) mass is 403 g/mol. The van der Waals surface area contributed by atoms with Crippen molar-refractivity contribution in [2.24, 2.45) is 5.16 Å². The summed E-state index contributed by atoms with van der Waals surface area (Å²) in [7, 11) is -1.10. The van der Waals surface area contributed by atoms with E-state index < -0.39 is 8.07 Å². The van der Waals surface area contributed by atoms with E-state index in [0.29, 0.717) is 0 Å². The molecule has 0 radical (unpaired) electrons. The SMILES string of the molecule is C[Si](C)(C)C[C@H]1C[C@H](Br)C(c2ccc(Br)cc2)=NO1. The Morgan fingerprint density at radius 3 is 2.42 bits per heavy atom. The van der Waals surface area contributed by atoms with Gasteiger partial charge in [0.25, 0.3) is 0 Å². The van der Waals surface area contributed by atoms with Gasteiger partial charge in [-0.15, -0.1) is 0 Å². The average Bonchev–Trinajstić information content (AvgIpc) is 2.29. The van der Waals surface area contributed by atoms with Crippen LogP contribution in [0.4, 0.5) is 0 Å². The van der Waals surface area contributed by atoms with Crippen molar-refractivity contribution >= 4 is 45.6 Å². The van der Waals surface area contributed by atoms with E-state index in [2.05, 4.69) is 68.8 Å². The van der Waals surface area contributed by atoms with Crippen molar-refractivity contribution in [1.82, 2.24) is 0 Å². The molecular weight excluding hydrogens is 386 g/mol. The zero-order valence-electron chi connectivity index (χ0n) is 11.5. The molecule has 2 atom stereocenters. The summed E-state index contributed by atoms with van der Waals surface area (Å²) in [5, 5.41) is 4.35. The van der Waals surface area contributed by atoms with Crippen LogP contribution in [0.5, 0.6) is 0 Å². The molecule has 0 aromatic heterocycles. The van der Waals surface area contributed by atoms with Crippen LogP contribution < -0.4 is 0 Å². The first-order chi connectivity index (χ1) is 8.85. The Bertz CT molecular complexity index is 467. The summed E-state index contributed by atoms with van der Waals surface area (Å²) in [4.78, 5) is 5.98. The normalized spacial score (nSPS) is 23.7. The highest BCUT2D eigenvalue weighted by Crippen LogP contribution is 2.28. The molecule has 0 saturated carbocycles. The molecule has 5 heteroatoms. The van der Waals surface area contributed by atoms with Crippen molar-refractivity contribution in [3.63, 3.8) is 0 Å². The molecule has 2 rings (SSSR count). The molecule has 2 nitrogen and oxygen atoms in total. The topological polar surface area (TPSA) is 21.6 Å². The van der Waals surface area contributed by atoms with Gasteiger partial charge < -0.3 is 4.84 Å². The molecule has 0 fully saturated rings. The fourth-order valence-corrected chi connectivity index (χ4v) is 4.87. The Kier molecular flexibility index (Phi) is 4.90. The van der Waals surface area contributed by atoms with Crippen LogP contribution in [0.3, 0.4) is 0 Å². The van der Waals surface area contributed by atoms with Crippen LogP contribution in [0.15, 0.2) is 33.9 Å². The average molecular weight is 405 g/mol. The highest BCUT2D eigenvalue weighted by molar-refractivity contribution is 9.10. The molecule has 0 spiro atoms. The van der Waals surface area contributed by atoms with Gasteiger partial charge in [0.1, 0.15) is 11.8 Å². The maximum atomic E-state index is 5.70. The van der Waals surface area contributed by atoms with E-state index >= 15 is 0 Å². The van der Waals surface area contributed by atoms with Gasteiger partial charge in [0, 0.05) is 24.5 Å². The molecule has 19 heavy (non-hydrogen) atoms. The lowest BCUT2D eigenvalue weighted by molar-refractivity contribution is 0.0582. The number of hydrogen-bond acceptors (Lipinski definition) is 2. The molecule has 104 valence electrons. The zero-order valence-corrected chi connectivity index (χ0v) is 15.7. The summed E-state index contributed by atoms with van der Waals surface area (Å²) in [6.45, 7) is 7.11. The second kappa shape index (κ2) is 6.10. The Morgan fingerprint density at radius 1 is 1.26 bits per heavy atom. The summed E-state index contributed by atoms with van der Waals surface area (Å²) < 4.78 is 1.08. The van der Waals surface area contributed by atoms with Gasteiger partial charge in [-0.05, 0) is 18.2 Å². The first-order valence-electron chi connectivity index (χ1n) is 6.49. The minimum absolute atomic E-state index is 0.259. The summed E-state index contributed by atoms with van der Waals surface area (Å²) >= 11 is 7.20. The van der Waals surface area contributed by atoms with Gasteiger partial charge in [-0.25, -0.2) is 0 Å². The van der Waals surface area contributed by atoms with Gasteiger partial charge in [0.2, 0.25) is 0 Å². The van der Waals surface area contributed by atoms with Crippen LogP contribution in [0.2, 0.25) is 25.7 Å². The van der Waals surface area contributed by atoms with Crippen molar-refractivity contribution in [1.29, 1.82) is 0 Å². The molecule has 0 aliphatic carbocycles. The summed E-state index contributed by atoms with van der Waals surface area (Å²) in [6, 6.07) is 9.36. The zero-order chi connectivity index (χ0) is 14.0. The first-order valence-corrected chi connectivity index (χ1v) is 11.9. The van der Waals surface area contributed by atoms with Gasteiger partial charge in [0.05, 0.1) is 4.83 Å². The van der Waals surface area contributed by atoms with Crippen LogP contribution in [0.1, 0.15) is 12.0 Å². The van der Waals surface area contributed by atoms with Crippen molar-refractivity contribution in [2.75, 3.05) is 0 Å². The predicted molar refractivity (Wildman–Crippen MR) is 91.0 cm³/mol. The minimum atomic E-state index is -1.10. The minimum Gasteiger partial charge on any atom is -0.392 e. The van der Waals surface area contributed by atoms with Gasteiger partial charge in [-0.3, -0.25) is 0 Å². The van der Waals surface area contributed by atoms with Crippen molar-refractivity contribution in [3.8, 4) is 0 Å². The van der Waals surface area contributed by atoms with Crippen LogP contribution >= 0.6 is 31.9 Å². The van der Waals surface area contributed by atoms with E-state index in [4.69, 9.17) is 4.84 Å². The Morgan fingerprint density at radius 2 is 1.89 bits per heavy atom. The van der Waals surface area contributed by atoms with E-state index in [1.807, 2.05) is 12.1 Å². The third-order valence-electron chi connectivity index (χ3n) is 3.05. The highest BCUT2D eigenvalue weighted by Gasteiger charge is 2.30. The van der Waals surface area contributed by atoms with E-state index in [0.717, 1.165) is 28.2 Å². The number of benzene rings is 1. The molecule has 0 unspecified atom stereocenters. The molecule has 0 amide bonds. The number of oxime groups is 1. The van der Waals surface area contributed by atoms with Gasteiger partial charge in [0.15, 0.2) is 0 Å². The summed E-state index contributed by atoms with van der Waals surface area (Å²) in [6.07, 6.45) is 1.26. The largest absolute Gasteiger partial charge is 0.392 e. The Hall–Kier alpha value is -0.133. The molecule has 0 N–H and O–H groups in total. The highest BCUT2D eigenvalue weighted by atomic mass is 79.9. The molecular formula is C14H19Br2NOSi. The fraction of sp³-hybridized carbons (Fsp3) is 0.500. The molecule has 1 aliphatic heterocycles. The lowest BCUT2D eigenvalue weighted by Gasteiger charge is -2.29. The van der Waals surface area contributed by atoms with Crippen LogP contribution in [-0.2, 0) is 4.84 Å². The van der Waals surface area contributed by atoms with E-state index in [1.54, 1.807) is 0 Å². The second-order valence-electron chi connectivity index (χ2n) is 6.18. The van der Waals surface area contributed by atoms with E-state index in [1.165, 1.54) is 0 Å². The Labute approximate surface area is 132 Å².